The quantitative estimate of drug-likeness (QED) is 0.770. The zero-order valence-electron chi connectivity index (χ0n) is 14.7. The maximum atomic E-state index is 12.2. The molecule has 0 N–H and O–H groups in total. The molecule has 24 heavy (non-hydrogen) atoms. The monoisotopic (exact) mass is 332 g/mol. The highest BCUT2D eigenvalue weighted by Crippen LogP contribution is 2.42. The summed E-state index contributed by atoms with van der Waals surface area (Å²) in [4.78, 5) is 18.2. The third-order valence-corrected chi connectivity index (χ3v) is 5.17. The van der Waals surface area contributed by atoms with Crippen LogP contribution in [0.15, 0.2) is 24.5 Å². The molecule has 3 rings (SSSR count). The number of likely N-dealkylation sites (tertiary alicyclic amines) is 1. The second-order valence-electron chi connectivity index (χ2n) is 7.41. The van der Waals surface area contributed by atoms with E-state index in [9.17, 15) is 4.79 Å². The number of amides is 1. The molecule has 5 nitrogen and oxygen atoms in total. The van der Waals surface area contributed by atoms with Crippen molar-refractivity contribution in [2.75, 3.05) is 26.3 Å². The summed E-state index contributed by atoms with van der Waals surface area (Å²) in [5, 5.41) is 0. The van der Waals surface area contributed by atoms with Crippen molar-refractivity contribution < 1.29 is 14.3 Å². The lowest BCUT2D eigenvalue weighted by Crippen LogP contribution is -2.66. The van der Waals surface area contributed by atoms with Crippen LogP contribution in [0.25, 0.3) is 0 Å². The molecule has 0 radical (unpaired) electrons. The Morgan fingerprint density at radius 3 is 3.04 bits per heavy atom. The van der Waals surface area contributed by atoms with Crippen LogP contribution in [-0.4, -0.2) is 47.7 Å². The highest BCUT2D eigenvalue weighted by Gasteiger charge is 2.53. The third kappa shape index (κ3) is 3.89. The zero-order valence-corrected chi connectivity index (χ0v) is 14.7. The van der Waals surface area contributed by atoms with Gasteiger partial charge in [-0.25, -0.2) is 0 Å². The molecular weight excluding hydrogens is 304 g/mol. The minimum atomic E-state index is -0.119. The van der Waals surface area contributed by atoms with E-state index in [1.807, 2.05) is 17.0 Å². The van der Waals surface area contributed by atoms with Gasteiger partial charge in [0.25, 0.3) is 0 Å². The molecule has 1 aromatic rings. The van der Waals surface area contributed by atoms with Gasteiger partial charge >= 0.3 is 0 Å². The molecule has 0 bridgehead atoms. The Labute approximate surface area is 144 Å². The van der Waals surface area contributed by atoms with Gasteiger partial charge in [-0.1, -0.05) is 13.8 Å². The first-order valence-corrected chi connectivity index (χ1v) is 9.03. The first-order valence-electron chi connectivity index (χ1n) is 9.03. The van der Waals surface area contributed by atoms with Gasteiger partial charge in [0.2, 0.25) is 5.91 Å². The highest BCUT2D eigenvalue weighted by atomic mass is 16.5. The van der Waals surface area contributed by atoms with Crippen LogP contribution in [0, 0.1) is 11.8 Å². The molecule has 3 heterocycles. The van der Waals surface area contributed by atoms with Crippen LogP contribution < -0.4 is 4.74 Å². The van der Waals surface area contributed by atoms with E-state index in [-0.39, 0.29) is 11.5 Å². The Balaban J connectivity index is 1.44. The Hall–Kier alpha value is -1.62. The van der Waals surface area contributed by atoms with Gasteiger partial charge in [0, 0.05) is 19.2 Å². The van der Waals surface area contributed by atoms with Crippen LogP contribution >= 0.6 is 0 Å². The number of carbonyl (C=O) groups is 1. The molecule has 2 saturated heterocycles. The molecule has 2 fully saturated rings. The molecule has 1 unspecified atom stereocenters. The molecule has 1 atom stereocenters. The van der Waals surface area contributed by atoms with Crippen molar-refractivity contribution in [3.05, 3.63) is 24.5 Å². The van der Waals surface area contributed by atoms with Crippen molar-refractivity contribution >= 4 is 5.91 Å². The fraction of sp³-hybridized carbons (Fsp3) is 0.684. The lowest BCUT2D eigenvalue weighted by atomic mass is 9.79. The largest absolute Gasteiger partial charge is 0.492 e. The van der Waals surface area contributed by atoms with Gasteiger partial charge in [-0.15, -0.1) is 0 Å². The van der Waals surface area contributed by atoms with Crippen molar-refractivity contribution in [3.8, 4) is 5.75 Å². The molecular formula is C19H28N2O3. The fourth-order valence-corrected chi connectivity index (χ4v) is 3.64. The number of nitrogens with zero attached hydrogens (tertiary/aromatic N) is 2. The number of hydrogen-bond donors (Lipinski definition) is 0. The van der Waals surface area contributed by atoms with E-state index >= 15 is 0 Å². The van der Waals surface area contributed by atoms with Gasteiger partial charge < -0.3 is 14.4 Å². The SMILES string of the molecule is CC(C)CCC(=O)N1CC2(C1)OCCC2CCOc1cccnc1. The van der Waals surface area contributed by atoms with Gasteiger partial charge in [-0.05, 0) is 43.2 Å². The standard InChI is InChI=1S/C19H28N2O3/c1-15(2)5-6-18(22)21-13-19(14-21)16(8-11-24-19)7-10-23-17-4-3-9-20-12-17/h3-4,9,12,15-16H,5-8,10-11,13-14H2,1-2H3. The summed E-state index contributed by atoms with van der Waals surface area (Å²) in [5.41, 5.74) is -0.119. The van der Waals surface area contributed by atoms with Crippen molar-refractivity contribution in [1.82, 2.24) is 9.88 Å². The summed E-state index contributed by atoms with van der Waals surface area (Å²) < 4.78 is 11.8. The summed E-state index contributed by atoms with van der Waals surface area (Å²) in [6.07, 6.45) is 7.12. The molecule has 0 saturated carbocycles. The van der Waals surface area contributed by atoms with Crippen LogP contribution in [0.1, 0.15) is 39.5 Å². The van der Waals surface area contributed by atoms with E-state index in [4.69, 9.17) is 9.47 Å². The molecule has 5 heteroatoms. The van der Waals surface area contributed by atoms with Gasteiger partial charge in [0.05, 0.1) is 25.9 Å². The molecule has 1 aromatic heterocycles. The maximum absolute atomic E-state index is 12.2. The summed E-state index contributed by atoms with van der Waals surface area (Å²) in [5.74, 6) is 2.13. The molecule has 2 aliphatic rings. The number of ether oxygens (including phenoxy) is 2. The van der Waals surface area contributed by atoms with Crippen LogP contribution in [-0.2, 0) is 9.53 Å². The van der Waals surface area contributed by atoms with Crippen LogP contribution in [0.3, 0.4) is 0 Å². The van der Waals surface area contributed by atoms with Gasteiger partial charge in [-0.2, -0.15) is 0 Å². The Morgan fingerprint density at radius 2 is 2.33 bits per heavy atom. The number of aromatic nitrogens is 1. The summed E-state index contributed by atoms with van der Waals surface area (Å²) >= 11 is 0. The summed E-state index contributed by atoms with van der Waals surface area (Å²) in [6, 6.07) is 3.80. The van der Waals surface area contributed by atoms with Crippen molar-refractivity contribution in [1.29, 1.82) is 0 Å². The number of pyridine rings is 1. The van der Waals surface area contributed by atoms with Gasteiger partial charge in [-0.3, -0.25) is 9.78 Å². The van der Waals surface area contributed by atoms with E-state index in [0.29, 0.717) is 24.9 Å². The summed E-state index contributed by atoms with van der Waals surface area (Å²) in [6.45, 7) is 7.28. The van der Waals surface area contributed by atoms with Crippen LogP contribution in [0.2, 0.25) is 0 Å². The van der Waals surface area contributed by atoms with Gasteiger partial charge in [0.15, 0.2) is 0 Å². The smallest absolute Gasteiger partial charge is 0.222 e. The predicted octanol–water partition coefficient (Wildman–Crippen LogP) is 2.90. The first kappa shape index (κ1) is 17.2. The van der Waals surface area contributed by atoms with E-state index in [1.165, 1.54) is 0 Å². The van der Waals surface area contributed by atoms with Crippen LogP contribution in [0.5, 0.6) is 5.75 Å². The fourth-order valence-electron chi connectivity index (χ4n) is 3.64. The minimum absolute atomic E-state index is 0.119. The Kier molecular flexibility index (Phi) is 5.39. The van der Waals surface area contributed by atoms with Gasteiger partial charge in [0.1, 0.15) is 11.4 Å². The average Bonchev–Trinajstić information content (AvgIpc) is 2.96. The molecule has 1 spiro atoms. The van der Waals surface area contributed by atoms with E-state index in [0.717, 1.165) is 44.7 Å². The molecule has 0 aromatic carbocycles. The molecule has 0 aliphatic carbocycles. The second kappa shape index (κ2) is 7.51. The Bertz CT molecular complexity index is 541. The highest BCUT2D eigenvalue weighted by molar-refractivity contribution is 5.77. The lowest BCUT2D eigenvalue weighted by Gasteiger charge is -2.50. The van der Waals surface area contributed by atoms with Crippen molar-refractivity contribution in [3.63, 3.8) is 0 Å². The normalized spacial score (nSPS) is 22.0. The first-order chi connectivity index (χ1) is 11.6. The minimum Gasteiger partial charge on any atom is -0.492 e. The average molecular weight is 332 g/mol. The number of carbonyl (C=O) groups excluding carboxylic acids is 1. The second-order valence-corrected chi connectivity index (χ2v) is 7.41. The Morgan fingerprint density at radius 1 is 1.50 bits per heavy atom. The van der Waals surface area contributed by atoms with Crippen LogP contribution in [0.4, 0.5) is 0 Å². The predicted molar refractivity (Wildman–Crippen MR) is 91.8 cm³/mol. The summed E-state index contributed by atoms with van der Waals surface area (Å²) in [7, 11) is 0. The van der Waals surface area contributed by atoms with E-state index < -0.39 is 0 Å². The molecule has 132 valence electrons. The molecule has 2 aliphatic heterocycles. The molecule has 1 amide bonds. The van der Waals surface area contributed by atoms with E-state index in [2.05, 4.69) is 18.8 Å². The number of hydrogen-bond acceptors (Lipinski definition) is 4. The maximum Gasteiger partial charge on any atom is 0.222 e. The van der Waals surface area contributed by atoms with Crippen molar-refractivity contribution in [2.45, 2.75) is 45.1 Å². The number of rotatable bonds is 7. The van der Waals surface area contributed by atoms with Crippen molar-refractivity contribution in [2.24, 2.45) is 11.8 Å². The lowest BCUT2D eigenvalue weighted by molar-refractivity contribution is -0.166. The third-order valence-electron chi connectivity index (χ3n) is 5.17. The zero-order chi connectivity index (χ0) is 17.0. The van der Waals surface area contributed by atoms with E-state index in [1.54, 1.807) is 12.4 Å². The topological polar surface area (TPSA) is 51.7 Å².